The lowest BCUT2D eigenvalue weighted by Crippen LogP contribution is -2.24. The monoisotopic (exact) mass is 347 g/mol. The summed E-state index contributed by atoms with van der Waals surface area (Å²) >= 11 is 0. The van der Waals surface area contributed by atoms with Crippen LogP contribution in [-0.4, -0.2) is 22.6 Å². The van der Waals surface area contributed by atoms with E-state index in [4.69, 9.17) is 4.52 Å². The molecule has 1 aliphatic rings. The van der Waals surface area contributed by atoms with Gasteiger partial charge in [-0.3, -0.25) is 4.79 Å². The molecule has 4 rings (SSSR count). The van der Waals surface area contributed by atoms with Crippen LogP contribution in [-0.2, 0) is 11.2 Å². The number of carbonyl (C=O) groups excluding carboxylic acids is 1. The predicted molar refractivity (Wildman–Crippen MR) is 100 cm³/mol. The minimum atomic E-state index is -0.0705. The molecule has 132 valence electrons. The van der Waals surface area contributed by atoms with Gasteiger partial charge in [-0.25, -0.2) is 0 Å². The molecule has 1 atom stereocenters. The van der Waals surface area contributed by atoms with Crippen LogP contribution in [0.4, 0.5) is 5.69 Å². The molecular formula is C21H21N3O2. The first-order chi connectivity index (χ1) is 12.6. The first kappa shape index (κ1) is 16.5. The molecule has 0 bridgehead atoms. The van der Waals surface area contributed by atoms with Crippen molar-refractivity contribution >= 4 is 11.6 Å². The van der Waals surface area contributed by atoms with E-state index in [0.29, 0.717) is 24.7 Å². The average Bonchev–Trinajstić information content (AvgIpc) is 3.28. The molecule has 0 N–H and O–H groups in total. The standard InChI is InChI=1S/C21H21N3O2/c1-3-15-7-5-9-18(11-15)24-13-17(12-19(24)25)21-22-20(23-26-21)16-8-4-6-14(2)10-16/h4-11,17H,3,12-13H2,1-2H3. The molecule has 1 fully saturated rings. The number of hydrogen-bond donors (Lipinski definition) is 0. The van der Waals surface area contributed by atoms with Crippen molar-refractivity contribution in [2.75, 3.05) is 11.4 Å². The van der Waals surface area contributed by atoms with Gasteiger partial charge in [0.2, 0.25) is 17.6 Å². The van der Waals surface area contributed by atoms with Crippen LogP contribution in [0.1, 0.15) is 36.3 Å². The number of nitrogens with zero attached hydrogens (tertiary/aromatic N) is 3. The summed E-state index contributed by atoms with van der Waals surface area (Å²) in [6.07, 6.45) is 1.34. The number of benzene rings is 2. The van der Waals surface area contributed by atoms with Crippen molar-refractivity contribution in [2.45, 2.75) is 32.6 Å². The fourth-order valence-corrected chi connectivity index (χ4v) is 3.37. The maximum absolute atomic E-state index is 12.5. The molecule has 1 aromatic heterocycles. The average molecular weight is 347 g/mol. The molecule has 5 nitrogen and oxygen atoms in total. The zero-order chi connectivity index (χ0) is 18.1. The second-order valence-electron chi connectivity index (χ2n) is 6.75. The smallest absolute Gasteiger partial charge is 0.232 e. The number of aromatic nitrogens is 2. The van der Waals surface area contributed by atoms with Crippen molar-refractivity contribution in [3.05, 3.63) is 65.5 Å². The maximum atomic E-state index is 12.5. The molecule has 1 aliphatic heterocycles. The van der Waals surface area contributed by atoms with Crippen molar-refractivity contribution in [3.63, 3.8) is 0 Å². The third kappa shape index (κ3) is 3.12. The lowest BCUT2D eigenvalue weighted by atomic mass is 10.1. The molecule has 2 aromatic carbocycles. The van der Waals surface area contributed by atoms with Crippen LogP contribution in [0, 0.1) is 6.92 Å². The highest BCUT2D eigenvalue weighted by molar-refractivity contribution is 5.96. The van der Waals surface area contributed by atoms with Crippen LogP contribution in [0.3, 0.4) is 0 Å². The third-order valence-electron chi connectivity index (χ3n) is 4.82. The quantitative estimate of drug-likeness (QED) is 0.712. The fraction of sp³-hybridized carbons (Fsp3) is 0.286. The van der Waals surface area contributed by atoms with Gasteiger partial charge < -0.3 is 9.42 Å². The van der Waals surface area contributed by atoms with Gasteiger partial charge in [-0.05, 0) is 37.1 Å². The van der Waals surface area contributed by atoms with Gasteiger partial charge >= 0.3 is 0 Å². The molecule has 5 heteroatoms. The van der Waals surface area contributed by atoms with Gasteiger partial charge in [0.1, 0.15) is 0 Å². The number of anilines is 1. The van der Waals surface area contributed by atoms with E-state index >= 15 is 0 Å². The van der Waals surface area contributed by atoms with Gasteiger partial charge in [0.15, 0.2) is 0 Å². The lowest BCUT2D eigenvalue weighted by Gasteiger charge is -2.16. The first-order valence-electron chi connectivity index (χ1n) is 8.94. The molecular weight excluding hydrogens is 326 g/mol. The molecule has 2 heterocycles. The highest BCUT2D eigenvalue weighted by atomic mass is 16.5. The second kappa shape index (κ2) is 6.75. The van der Waals surface area contributed by atoms with Crippen LogP contribution in [0.2, 0.25) is 0 Å². The zero-order valence-electron chi connectivity index (χ0n) is 15.0. The van der Waals surface area contributed by atoms with Crippen molar-refractivity contribution in [1.29, 1.82) is 0 Å². The highest BCUT2D eigenvalue weighted by Crippen LogP contribution is 2.32. The van der Waals surface area contributed by atoms with Gasteiger partial charge in [-0.15, -0.1) is 0 Å². The molecule has 0 aliphatic carbocycles. The van der Waals surface area contributed by atoms with Crippen LogP contribution < -0.4 is 4.90 Å². The van der Waals surface area contributed by atoms with Crippen molar-refractivity contribution < 1.29 is 9.32 Å². The van der Waals surface area contributed by atoms with E-state index in [9.17, 15) is 4.79 Å². The minimum Gasteiger partial charge on any atom is -0.339 e. The van der Waals surface area contributed by atoms with E-state index in [-0.39, 0.29) is 11.8 Å². The van der Waals surface area contributed by atoms with Crippen LogP contribution >= 0.6 is 0 Å². The van der Waals surface area contributed by atoms with Crippen molar-refractivity contribution in [2.24, 2.45) is 0 Å². The largest absolute Gasteiger partial charge is 0.339 e. The third-order valence-corrected chi connectivity index (χ3v) is 4.82. The van der Waals surface area contributed by atoms with Gasteiger partial charge in [-0.2, -0.15) is 4.98 Å². The van der Waals surface area contributed by atoms with Gasteiger partial charge in [-0.1, -0.05) is 48.0 Å². The SMILES string of the molecule is CCc1cccc(N2CC(c3nc(-c4cccc(C)c4)no3)CC2=O)c1. The van der Waals surface area contributed by atoms with E-state index < -0.39 is 0 Å². The maximum Gasteiger partial charge on any atom is 0.232 e. The fourth-order valence-electron chi connectivity index (χ4n) is 3.37. The Bertz CT molecular complexity index is 948. The minimum absolute atomic E-state index is 0.0705. The Morgan fingerprint density at radius 3 is 2.85 bits per heavy atom. The number of hydrogen-bond acceptors (Lipinski definition) is 4. The summed E-state index contributed by atoms with van der Waals surface area (Å²) in [4.78, 5) is 18.9. The van der Waals surface area contributed by atoms with E-state index in [1.54, 1.807) is 0 Å². The molecule has 0 saturated carbocycles. The Morgan fingerprint density at radius 2 is 2.04 bits per heavy atom. The number of carbonyl (C=O) groups is 1. The van der Waals surface area contributed by atoms with Crippen molar-refractivity contribution in [3.8, 4) is 11.4 Å². The summed E-state index contributed by atoms with van der Waals surface area (Å²) in [6.45, 7) is 4.71. The molecule has 1 saturated heterocycles. The summed E-state index contributed by atoms with van der Waals surface area (Å²) in [5.41, 5.74) is 4.23. The van der Waals surface area contributed by atoms with Crippen molar-refractivity contribution in [1.82, 2.24) is 10.1 Å². The first-order valence-corrected chi connectivity index (χ1v) is 8.94. The Hall–Kier alpha value is -2.95. The summed E-state index contributed by atoms with van der Waals surface area (Å²) in [5, 5.41) is 4.11. The number of aryl methyl sites for hydroxylation is 2. The van der Waals surface area contributed by atoms with Gasteiger partial charge in [0, 0.05) is 24.2 Å². The van der Waals surface area contributed by atoms with E-state index in [2.05, 4.69) is 29.2 Å². The number of rotatable bonds is 4. The Balaban J connectivity index is 1.56. The summed E-state index contributed by atoms with van der Waals surface area (Å²) in [7, 11) is 0. The van der Waals surface area contributed by atoms with Crippen LogP contribution in [0.25, 0.3) is 11.4 Å². The molecule has 1 amide bonds. The lowest BCUT2D eigenvalue weighted by molar-refractivity contribution is -0.117. The van der Waals surface area contributed by atoms with Gasteiger partial charge in [0.05, 0.1) is 5.92 Å². The Kier molecular flexibility index (Phi) is 4.29. The Morgan fingerprint density at radius 1 is 1.19 bits per heavy atom. The van der Waals surface area contributed by atoms with Crippen LogP contribution in [0.5, 0.6) is 0 Å². The predicted octanol–water partition coefficient (Wildman–Crippen LogP) is 4.13. The van der Waals surface area contributed by atoms with Crippen LogP contribution in [0.15, 0.2) is 53.1 Å². The summed E-state index contributed by atoms with van der Waals surface area (Å²) in [6, 6.07) is 16.1. The second-order valence-corrected chi connectivity index (χ2v) is 6.75. The van der Waals surface area contributed by atoms with Gasteiger partial charge in [0.25, 0.3) is 0 Å². The normalized spacial score (nSPS) is 17.1. The van der Waals surface area contributed by atoms with E-state index in [1.165, 1.54) is 5.56 Å². The summed E-state index contributed by atoms with van der Waals surface area (Å²) < 4.78 is 5.48. The molecule has 26 heavy (non-hydrogen) atoms. The number of amides is 1. The highest BCUT2D eigenvalue weighted by Gasteiger charge is 2.35. The van der Waals surface area contributed by atoms with E-state index in [0.717, 1.165) is 23.2 Å². The molecule has 0 spiro atoms. The summed E-state index contributed by atoms with van der Waals surface area (Å²) in [5.74, 6) is 1.13. The zero-order valence-corrected chi connectivity index (χ0v) is 15.0. The molecule has 3 aromatic rings. The topological polar surface area (TPSA) is 59.2 Å². The molecule has 1 unspecified atom stereocenters. The Labute approximate surface area is 152 Å². The van der Waals surface area contributed by atoms with E-state index in [1.807, 2.05) is 48.2 Å². The molecule has 0 radical (unpaired) electrons.